The summed E-state index contributed by atoms with van der Waals surface area (Å²) >= 11 is 0. The standard InChI is InChI=1S/C27H30O17/c28-6-14-17(33)20(36)22(38)26(42-14)41-13-5-9(30)4-12-16(13)19(35)25(24(40-12)8-1-2-10(31)11(32)3-8)44-27-23(39)21(37)18(34)15(7-29)43-27/h1-5,14-15,17-18,20-23,26-34,36-39H,6-7H2. The summed E-state index contributed by atoms with van der Waals surface area (Å²) in [6.45, 7) is -1.60. The highest BCUT2D eigenvalue weighted by atomic mass is 16.7. The summed E-state index contributed by atoms with van der Waals surface area (Å²) in [7, 11) is 0. The van der Waals surface area contributed by atoms with E-state index in [2.05, 4.69) is 0 Å². The van der Waals surface area contributed by atoms with Crippen molar-refractivity contribution in [1.29, 1.82) is 0 Å². The number of hydrogen-bond donors (Lipinski definition) is 11. The van der Waals surface area contributed by atoms with Crippen LogP contribution >= 0.6 is 0 Å². The first kappa shape index (κ1) is 31.7. The van der Waals surface area contributed by atoms with Gasteiger partial charge in [-0.25, -0.2) is 0 Å². The molecule has 2 aromatic carbocycles. The first-order valence-corrected chi connectivity index (χ1v) is 13.2. The number of benzene rings is 2. The number of phenols is 3. The Bertz CT molecular complexity index is 1550. The Balaban J connectivity index is 1.66. The highest BCUT2D eigenvalue weighted by molar-refractivity contribution is 5.88. The molecule has 240 valence electrons. The molecule has 17 nitrogen and oxygen atoms in total. The summed E-state index contributed by atoms with van der Waals surface area (Å²) in [5.74, 6) is -3.37. The predicted octanol–water partition coefficient (Wildman–Crippen LogP) is -3.07. The molecule has 10 unspecified atom stereocenters. The van der Waals surface area contributed by atoms with Gasteiger partial charge < -0.3 is 79.5 Å². The van der Waals surface area contributed by atoms with Gasteiger partial charge >= 0.3 is 0 Å². The highest BCUT2D eigenvalue weighted by Gasteiger charge is 2.46. The van der Waals surface area contributed by atoms with Crippen molar-refractivity contribution in [3.8, 4) is 40.1 Å². The smallest absolute Gasteiger partial charge is 0.239 e. The molecule has 2 aliphatic heterocycles. The molecule has 0 spiro atoms. The van der Waals surface area contributed by atoms with E-state index < -0.39 is 120 Å². The van der Waals surface area contributed by atoms with Crippen molar-refractivity contribution in [2.24, 2.45) is 0 Å². The van der Waals surface area contributed by atoms with Gasteiger partial charge in [-0.1, -0.05) is 0 Å². The second-order valence-corrected chi connectivity index (χ2v) is 10.2. The fourth-order valence-electron chi connectivity index (χ4n) is 4.88. The molecule has 3 aromatic rings. The topological polar surface area (TPSA) is 290 Å². The van der Waals surface area contributed by atoms with E-state index in [0.29, 0.717) is 0 Å². The maximum Gasteiger partial charge on any atom is 0.239 e. The minimum Gasteiger partial charge on any atom is -0.508 e. The fourth-order valence-corrected chi connectivity index (χ4v) is 4.88. The number of aliphatic hydroxyl groups is 8. The third kappa shape index (κ3) is 5.61. The molecular formula is C27H30O17. The Labute approximate surface area is 246 Å². The average Bonchev–Trinajstić information content (AvgIpc) is 2.99. The van der Waals surface area contributed by atoms with Gasteiger partial charge in [0.15, 0.2) is 17.3 Å². The Morgan fingerprint density at radius 1 is 0.682 bits per heavy atom. The zero-order valence-corrected chi connectivity index (χ0v) is 22.4. The van der Waals surface area contributed by atoms with Gasteiger partial charge in [0.2, 0.25) is 23.8 Å². The van der Waals surface area contributed by atoms with E-state index in [1.54, 1.807) is 0 Å². The van der Waals surface area contributed by atoms with Crippen molar-refractivity contribution in [2.75, 3.05) is 13.2 Å². The van der Waals surface area contributed by atoms with E-state index in [-0.39, 0.29) is 11.1 Å². The van der Waals surface area contributed by atoms with E-state index >= 15 is 0 Å². The van der Waals surface area contributed by atoms with Gasteiger partial charge in [0.1, 0.15) is 71.3 Å². The molecule has 0 saturated carbocycles. The van der Waals surface area contributed by atoms with E-state index in [1.807, 2.05) is 0 Å². The summed E-state index contributed by atoms with van der Waals surface area (Å²) < 4.78 is 27.8. The Morgan fingerprint density at radius 3 is 1.80 bits per heavy atom. The Kier molecular flexibility index (Phi) is 8.87. The molecule has 2 saturated heterocycles. The van der Waals surface area contributed by atoms with Gasteiger partial charge in [0.25, 0.3) is 0 Å². The quantitative estimate of drug-likeness (QED) is 0.116. The first-order chi connectivity index (χ1) is 20.9. The molecule has 1 aromatic heterocycles. The van der Waals surface area contributed by atoms with E-state index in [1.165, 1.54) is 6.07 Å². The number of fused-ring (bicyclic) bond motifs is 1. The van der Waals surface area contributed by atoms with Crippen molar-refractivity contribution >= 4 is 11.0 Å². The number of ether oxygens (including phenoxy) is 4. The minimum absolute atomic E-state index is 0.0707. The maximum atomic E-state index is 14.1. The zero-order chi connectivity index (χ0) is 32.0. The summed E-state index contributed by atoms with van der Waals surface area (Å²) in [6.07, 6.45) is -17.5. The largest absolute Gasteiger partial charge is 0.508 e. The lowest BCUT2D eigenvalue weighted by atomic mass is 9.99. The lowest BCUT2D eigenvalue weighted by Crippen LogP contribution is -2.60. The summed E-state index contributed by atoms with van der Waals surface area (Å²) in [5, 5.41) is 110. The Morgan fingerprint density at radius 2 is 1.25 bits per heavy atom. The highest BCUT2D eigenvalue weighted by Crippen LogP contribution is 2.40. The minimum atomic E-state index is -1.96. The van der Waals surface area contributed by atoms with Crippen molar-refractivity contribution < 1.29 is 79.5 Å². The lowest BCUT2D eigenvalue weighted by molar-refractivity contribution is -0.277. The van der Waals surface area contributed by atoms with Gasteiger partial charge in [0.05, 0.1) is 13.2 Å². The van der Waals surface area contributed by atoms with Gasteiger partial charge in [0, 0.05) is 17.7 Å². The monoisotopic (exact) mass is 626 g/mol. The van der Waals surface area contributed by atoms with Crippen LogP contribution < -0.4 is 14.9 Å². The van der Waals surface area contributed by atoms with Crippen LogP contribution in [0.3, 0.4) is 0 Å². The van der Waals surface area contributed by atoms with Crippen LogP contribution in [0.15, 0.2) is 39.5 Å². The Hall–Kier alpha value is -3.75. The number of hydrogen-bond acceptors (Lipinski definition) is 17. The van der Waals surface area contributed by atoms with Crippen LogP contribution in [0.4, 0.5) is 0 Å². The van der Waals surface area contributed by atoms with E-state index in [9.17, 15) is 61.0 Å². The van der Waals surface area contributed by atoms with Crippen LogP contribution in [-0.2, 0) is 9.47 Å². The van der Waals surface area contributed by atoms with Crippen LogP contribution in [0.5, 0.6) is 28.7 Å². The molecule has 2 fully saturated rings. The van der Waals surface area contributed by atoms with Gasteiger partial charge in [-0.05, 0) is 18.2 Å². The number of phenolic OH excluding ortho intramolecular Hbond substituents is 3. The molecule has 0 radical (unpaired) electrons. The van der Waals surface area contributed by atoms with Crippen molar-refractivity contribution in [1.82, 2.24) is 0 Å². The molecule has 3 heterocycles. The fraction of sp³-hybridized carbons (Fsp3) is 0.444. The van der Waals surface area contributed by atoms with Gasteiger partial charge in [-0.3, -0.25) is 4.79 Å². The van der Waals surface area contributed by atoms with E-state index in [0.717, 1.165) is 24.3 Å². The third-order valence-corrected chi connectivity index (χ3v) is 7.31. The summed E-state index contributed by atoms with van der Waals surface area (Å²) in [4.78, 5) is 14.1. The SMILES string of the molecule is O=c1c(OC2OC(CO)C(O)C(O)C2O)c(-c2ccc(O)c(O)c2)oc2cc(O)cc(OC3OC(CO)C(O)C(O)C3O)c12. The van der Waals surface area contributed by atoms with Crippen LogP contribution in [-0.4, -0.2) is 131 Å². The maximum absolute atomic E-state index is 14.1. The van der Waals surface area contributed by atoms with Crippen LogP contribution in [0.2, 0.25) is 0 Å². The van der Waals surface area contributed by atoms with Crippen molar-refractivity contribution in [3.05, 3.63) is 40.6 Å². The average molecular weight is 627 g/mol. The van der Waals surface area contributed by atoms with Crippen LogP contribution in [0.1, 0.15) is 0 Å². The molecule has 10 atom stereocenters. The second kappa shape index (κ2) is 12.3. The van der Waals surface area contributed by atoms with Crippen molar-refractivity contribution in [3.63, 3.8) is 0 Å². The molecule has 0 amide bonds. The molecule has 5 rings (SSSR count). The number of aromatic hydroxyl groups is 3. The molecule has 0 bridgehead atoms. The van der Waals surface area contributed by atoms with Crippen LogP contribution in [0.25, 0.3) is 22.3 Å². The lowest BCUT2D eigenvalue weighted by Gasteiger charge is -2.39. The zero-order valence-electron chi connectivity index (χ0n) is 22.4. The normalized spacial score (nSPS) is 32.5. The number of aliphatic hydroxyl groups excluding tert-OH is 8. The molecule has 11 N–H and O–H groups in total. The van der Waals surface area contributed by atoms with Gasteiger partial charge in [-0.15, -0.1) is 0 Å². The summed E-state index contributed by atoms with van der Waals surface area (Å²) in [5.41, 5.74) is -1.51. The number of rotatable bonds is 7. The third-order valence-electron chi connectivity index (χ3n) is 7.31. The summed E-state index contributed by atoms with van der Waals surface area (Å²) in [6, 6.07) is 5.19. The molecular weight excluding hydrogens is 596 g/mol. The first-order valence-electron chi connectivity index (χ1n) is 13.2. The van der Waals surface area contributed by atoms with Crippen molar-refractivity contribution in [2.45, 2.75) is 61.4 Å². The molecule has 44 heavy (non-hydrogen) atoms. The second-order valence-electron chi connectivity index (χ2n) is 10.2. The predicted molar refractivity (Wildman–Crippen MR) is 142 cm³/mol. The molecule has 17 heteroatoms. The van der Waals surface area contributed by atoms with Crippen LogP contribution in [0, 0.1) is 0 Å². The molecule has 2 aliphatic rings. The van der Waals surface area contributed by atoms with Gasteiger partial charge in [-0.2, -0.15) is 0 Å². The van der Waals surface area contributed by atoms with E-state index in [4.69, 9.17) is 23.4 Å². The molecule has 0 aliphatic carbocycles.